The van der Waals surface area contributed by atoms with Crippen LogP contribution in [0.4, 0.5) is 0 Å². The molecular weight excluding hydrogens is 519 g/mol. The van der Waals surface area contributed by atoms with Gasteiger partial charge < -0.3 is 12.5 Å². The zero-order chi connectivity index (χ0) is 21.8. The van der Waals surface area contributed by atoms with Crippen LogP contribution in [0.15, 0.2) is 84.9 Å². The van der Waals surface area contributed by atoms with Gasteiger partial charge in [0.25, 0.3) is 0 Å². The molecule has 5 heteroatoms. The second-order valence-corrected chi connectivity index (χ2v) is 16.7. The molecule has 0 aromatic heterocycles. The van der Waals surface area contributed by atoms with Gasteiger partial charge in [-0.15, -0.1) is 0 Å². The molecule has 0 heterocycles. The zero-order valence-electron chi connectivity index (χ0n) is 18.4. The van der Waals surface area contributed by atoms with Crippen LogP contribution in [0, 0.1) is 14.4 Å². The maximum absolute atomic E-state index is 12.4. The quantitative estimate of drug-likeness (QED) is 0.263. The van der Waals surface area contributed by atoms with E-state index in [0.29, 0.717) is 0 Å². The number of halogens is 2. The van der Waals surface area contributed by atoms with Gasteiger partial charge in [0.05, 0.1) is 0 Å². The molecule has 0 bridgehead atoms. The summed E-state index contributed by atoms with van der Waals surface area (Å²) in [5.74, 6) is 0. The van der Waals surface area contributed by atoms with E-state index in [0.717, 1.165) is 11.1 Å². The molecule has 0 saturated carbocycles. The van der Waals surface area contributed by atoms with Gasteiger partial charge in [-0.1, -0.05) is 110 Å². The molecule has 3 aromatic rings. The minimum atomic E-state index is -2.31. The van der Waals surface area contributed by atoms with Crippen LogP contribution < -0.4 is 0 Å². The third-order valence-electron chi connectivity index (χ3n) is 6.17. The first-order valence-electron chi connectivity index (χ1n) is 9.94. The van der Waals surface area contributed by atoms with E-state index in [4.69, 9.17) is 17.0 Å². The molecule has 0 fully saturated rings. The van der Waals surface area contributed by atoms with Gasteiger partial charge in [-0.05, 0) is 29.2 Å². The van der Waals surface area contributed by atoms with Gasteiger partial charge in [0.15, 0.2) is 0 Å². The van der Waals surface area contributed by atoms with Crippen LogP contribution in [0.25, 0.3) is 6.08 Å². The predicted octanol–water partition coefficient (Wildman–Crippen LogP) is 7.66. The number of hydrogen-bond acceptors (Lipinski definition) is 1. The molecule has 4 rings (SSSR count). The van der Waals surface area contributed by atoms with Crippen LogP contribution in [0.2, 0.25) is 13.1 Å². The molecule has 0 saturated heterocycles. The Morgan fingerprint density at radius 1 is 0.839 bits per heavy atom. The first-order chi connectivity index (χ1) is 14.4. The number of benzene rings is 3. The normalized spacial score (nSPS) is 16.3. The van der Waals surface area contributed by atoms with Crippen LogP contribution in [-0.2, 0) is 26.1 Å². The van der Waals surface area contributed by atoms with Gasteiger partial charge in [0.2, 0.25) is 0 Å². The van der Waals surface area contributed by atoms with E-state index in [9.17, 15) is 5.11 Å². The molecule has 1 nitrogen and oxygen atoms in total. The van der Waals surface area contributed by atoms with Gasteiger partial charge in [-0.3, -0.25) is 0 Å². The number of allylic oxidation sites excluding steroid dienone is 1. The average molecular weight is 548 g/mol. The Labute approximate surface area is 206 Å². The van der Waals surface area contributed by atoms with Crippen molar-refractivity contribution in [2.45, 2.75) is 30.8 Å². The second kappa shape index (κ2) is 11.3. The van der Waals surface area contributed by atoms with Gasteiger partial charge in [0, 0.05) is 5.54 Å². The Kier molecular flexibility index (Phi) is 9.55. The Bertz CT molecular complexity index is 1010. The molecule has 162 valence electrons. The van der Waals surface area contributed by atoms with Crippen molar-refractivity contribution in [3.63, 3.8) is 0 Å². The first kappa shape index (κ1) is 26.3. The Morgan fingerprint density at radius 2 is 1.35 bits per heavy atom. The molecule has 2 atom stereocenters. The molecule has 1 N–H and O–H groups in total. The standard InChI is InChI=1S/C25H26OSi.CH3.2ClH.Zr/c1-19-13-16-22(17-14-19)25(26,21-10-5-4-6-11-21)27(2,3)24-18-15-20-9-7-8-12-23(20)24;;;;/h4-18,24,26H,1-3H3;1H3;2*1H;/q;-1;;;+2/p-2. The fourth-order valence-electron chi connectivity index (χ4n) is 4.49. The molecule has 0 radical (unpaired) electrons. The van der Waals surface area contributed by atoms with E-state index in [1.807, 2.05) is 18.2 Å². The van der Waals surface area contributed by atoms with Crippen LogP contribution in [0.1, 0.15) is 33.4 Å². The van der Waals surface area contributed by atoms with E-state index in [2.05, 4.69) is 92.8 Å². The van der Waals surface area contributed by atoms with E-state index in [1.165, 1.54) is 16.7 Å². The summed E-state index contributed by atoms with van der Waals surface area (Å²) in [5, 5.41) is 11.4. The summed E-state index contributed by atoms with van der Waals surface area (Å²) < 4.78 is 0. The van der Waals surface area contributed by atoms with Crippen molar-refractivity contribution in [3.05, 3.63) is 120 Å². The van der Waals surface area contributed by atoms with Crippen molar-refractivity contribution < 1.29 is 26.0 Å². The molecule has 3 aromatic carbocycles. The second-order valence-electron chi connectivity index (χ2n) is 8.20. The summed E-state index contributed by atoms with van der Waals surface area (Å²) in [5.41, 5.74) is 6.08. The maximum atomic E-state index is 12.4. The SMILES string of the molecule is Cc1ccc(C(O)(c2ccccc2)[Si](C)(C)C2C=Cc3ccccc32)cc1.[CH3-].[Cl][Zr][Cl]. The number of fused-ring (bicyclic) bond motifs is 1. The van der Waals surface area contributed by atoms with Crippen molar-refractivity contribution in [3.8, 4) is 0 Å². The molecule has 1 aliphatic carbocycles. The average Bonchev–Trinajstić information content (AvgIpc) is 3.20. The zero-order valence-corrected chi connectivity index (χ0v) is 23.4. The Balaban J connectivity index is 0.000000808. The molecule has 1 aliphatic rings. The van der Waals surface area contributed by atoms with E-state index >= 15 is 0 Å². The van der Waals surface area contributed by atoms with Crippen molar-refractivity contribution in [1.29, 1.82) is 0 Å². The number of hydrogen-bond donors (Lipinski definition) is 1. The first-order valence-corrected chi connectivity index (χ1v) is 19.4. The number of aliphatic hydroxyl groups is 1. The van der Waals surface area contributed by atoms with Gasteiger partial charge >= 0.3 is 37.9 Å². The van der Waals surface area contributed by atoms with Crippen LogP contribution >= 0.6 is 17.0 Å². The van der Waals surface area contributed by atoms with E-state index in [-0.39, 0.29) is 13.0 Å². The monoisotopic (exact) mass is 545 g/mol. The van der Waals surface area contributed by atoms with Crippen LogP contribution in [0.3, 0.4) is 0 Å². The molecular formula is C26H29Cl2OSiZr-. The molecule has 0 spiro atoms. The van der Waals surface area contributed by atoms with Gasteiger partial charge in [-0.2, -0.15) is 0 Å². The van der Waals surface area contributed by atoms with Crippen molar-refractivity contribution >= 4 is 31.2 Å². The Hall–Kier alpha value is -0.960. The number of rotatable bonds is 4. The predicted molar refractivity (Wildman–Crippen MR) is 134 cm³/mol. The third-order valence-corrected chi connectivity index (χ3v) is 10.7. The molecule has 2 unspecified atom stereocenters. The van der Waals surface area contributed by atoms with E-state index < -0.39 is 34.1 Å². The van der Waals surface area contributed by atoms with Gasteiger partial charge in [-0.25, -0.2) is 0 Å². The topological polar surface area (TPSA) is 20.2 Å². The van der Waals surface area contributed by atoms with E-state index in [1.54, 1.807) is 0 Å². The van der Waals surface area contributed by atoms with Crippen LogP contribution in [-0.4, -0.2) is 13.2 Å². The fraction of sp³-hybridized carbons (Fsp3) is 0.192. The summed E-state index contributed by atoms with van der Waals surface area (Å²) in [6.45, 7) is 6.72. The minimum absolute atomic E-state index is 0. The third kappa shape index (κ3) is 5.18. The summed E-state index contributed by atoms with van der Waals surface area (Å²) in [7, 11) is 7.56. The Morgan fingerprint density at radius 3 is 1.97 bits per heavy atom. The van der Waals surface area contributed by atoms with Crippen LogP contribution in [0.5, 0.6) is 0 Å². The van der Waals surface area contributed by atoms with Crippen molar-refractivity contribution in [1.82, 2.24) is 0 Å². The number of aryl methyl sites for hydroxylation is 1. The molecule has 0 aliphatic heterocycles. The van der Waals surface area contributed by atoms with Crippen molar-refractivity contribution in [2.24, 2.45) is 0 Å². The molecule has 0 amide bonds. The summed E-state index contributed by atoms with van der Waals surface area (Å²) >= 11 is -0.826. The fourth-order valence-corrected chi connectivity index (χ4v) is 8.38. The summed E-state index contributed by atoms with van der Waals surface area (Å²) in [4.78, 5) is 0. The van der Waals surface area contributed by atoms with Crippen molar-refractivity contribution in [2.75, 3.05) is 0 Å². The van der Waals surface area contributed by atoms with Gasteiger partial charge in [0.1, 0.15) is 13.3 Å². The summed E-state index contributed by atoms with van der Waals surface area (Å²) in [6, 6.07) is 27.2. The summed E-state index contributed by atoms with van der Waals surface area (Å²) in [6.07, 6.45) is 4.52. The molecule has 31 heavy (non-hydrogen) atoms.